The highest BCUT2D eigenvalue weighted by molar-refractivity contribution is 5.80. The highest BCUT2D eigenvalue weighted by atomic mass is 19.1. The molecule has 1 N–H and O–H groups in total. The number of aromatic amines is 1. The van der Waals surface area contributed by atoms with E-state index in [1.807, 2.05) is 11.0 Å². The van der Waals surface area contributed by atoms with E-state index < -0.39 is 0 Å². The van der Waals surface area contributed by atoms with Crippen LogP contribution in [0.2, 0.25) is 0 Å². The van der Waals surface area contributed by atoms with E-state index in [0.29, 0.717) is 5.56 Å². The van der Waals surface area contributed by atoms with E-state index in [2.05, 4.69) is 10.2 Å². The second kappa shape index (κ2) is 6.98. The average Bonchev–Trinajstić information content (AvgIpc) is 3.31. The van der Waals surface area contributed by atoms with Crippen molar-refractivity contribution in [3.63, 3.8) is 0 Å². The Balaban J connectivity index is 1.62. The Morgan fingerprint density at radius 2 is 1.88 bits per heavy atom. The minimum atomic E-state index is -0.256. The molecule has 2 fully saturated rings. The summed E-state index contributed by atoms with van der Waals surface area (Å²) < 4.78 is 14.2. The monoisotopic (exact) mass is 341 g/mol. The molecule has 1 amide bonds. The smallest absolute Gasteiger partial charge is 0.226 e. The molecule has 0 radical (unpaired) electrons. The number of carbonyl (C=O) groups is 1. The van der Waals surface area contributed by atoms with Gasteiger partial charge in [0.1, 0.15) is 5.82 Å². The number of carbonyl (C=O) groups excluding carboxylic acids is 1. The Hall–Kier alpha value is -2.17. The Bertz CT molecular complexity index is 751. The Morgan fingerprint density at radius 1 is 1.08 bits per heavy atom. The van der Waals surface area contributed by atoms with Gasteiger partial charge in [0.2, 0.25) is 5.91 Å². The van der Waals surface area contributed by atoms with Crippen molar-refractivity contribution in [2.75, 3.05) is 6.54 Å². The van der Waals surface area contributed by atoms with E-state index in [0.717, 1.165) is 56.3 Å². The number of nitrogens with zero attached hydrogens (tertiary/aromatic N) is 2. The molecule has 5 heteroatoms. The zero-order chi connectivity index (χ0) is 17.2. The first-order valence-corrected chi connectivity index (χ1v) is 9.34. The lowest BCUT2D eigenvalue weighted by molar-refractivity contribution is -0.137. The Labute approximate surface area is 147 Å². The highest BCUT2D eigenvalue weighted by Gasteiger charge is 2.36. The number of hydrogen-bond donors (Lipinski definition) is 1. The number of amides is 1. The molecule has 25 heavy (non-hydrogen) atoms. The summed E-state index contributed by atoms with van der Waals surface area (Å²) in [5, 5.41) is 7.21. The van der Waals surface area contributed by atoms with Crippen LogP contribution in [0.3, 0.4) is 0 Å². The third-order valence-corrected chi connectivity index (χ3v) is 5.66. The average molecular weight is 341 g/mol. The van der Waals surface area contributed by atoms with Crippen LogP contribution in [0.5, 0.6) is 0 Å². The van der Waals surface area contributed by atoms with Gasteiger partial charge in [0, 0.05) is 23.6 Å². The molecule has 1 aliphatic heterocycles. The summed E-state index contributed by atoms with van der Waals surface area (Å²) in [6.07, 6.45) is 9.12. The number of rotatable bonds is 3. The second-order valence-electron chi connectivity index (χ2n) is 7.20. The van der Waals surface area contributed by atoms with Crippen molar-refractivity contribution in [1.82, 2.24) is 15.1 Å². The van der Waals surface area contributed by atoms with Crippen LogP contribution < -0.4 is 0 Å². The van der Waals surface area contributed by atoms with E-state index in [1.54, 1.807) is 18.3 Å². The molecule has 0 spiro atoms. The summed E-state index contributed by atoms with van der Waals surface area (Å²) in [5.74, 6) is 0.179. The van der Waals surface area contributed by atoms with Gasteiger partial charge in [0.15, 0.2) is 0 Å². The predicted octanol–water partition coefficient (Wildman–Crippen LogP) is 4.46. The first-order chi connectivity index (χ1) is 12.3. The molecule has 1 saturated carbocycles. The van der Waals surface area contributed by atoms with Crippen LogP contribution in [0.15, 0.2) is 30.5 Å². The standard InChI is InChI=1S/C20H24FN3O/c21-17-10-5-4-9-15(17)16-13-22-23-19(16)18-11-6-12-24(18)20(25)14-7-2-1-3-8-14/h4-5,9-10,13-14,18H,1-3,6-8,11-12H2,(H,22,23)/t18-/m0/s1. The van der Waals surface area contributed by atoms with Crippen LogP contribution in [-0.4, -0.2) is 27.5 Å². The van der Waals surface area contributed by atoms with Gasteiger partial charge in [-0.15, -0.1) is 0 Å². The molecule has 2 aliphatic rings. The van der Waals surface area contributed by atoms with E-state index >= 15 is 0 Å². The van der Waals surface area contributed by atoms with Crippen LogP contribution >= 0.6 is 0 Å². The van der Waals surface area contributed by atoms with E-state index in [4.69, 9.17) is 0 Å². The summed E-state index contributed by atoms with van der Waals surface area (Å²) in [6.45, 7) is 0.787. The SMILES string of the molecule is O=C(C1CCCCC1)N1CCC[C@H]1c1[nH]ncc1-c1ccccc1F. The van der Waals surface area contributed by atoms with Crippen molar-refractivity contribution in [2.24, 2.45) is 5.92 Å². The van der Waals surface area contributed by atoms with Crippen LogP contribution in [0, 0.1) is 11.7 Å². The molecule has 4 rings (SSSR count). The van der Waals surface area contributed by atoms with Crippen LogP contribution in [0.4, 0.5) is 4.39 Å². The number of halogens is 1. The Kier molecular flexibility index (Phi) is 4.55. The van der Waals surface area contributed by atoms with Gasteiger partial charge >= 0.3 is 0 Å². The van der Waals surface area contributed by atoms with Crippen LogP contribution in [0.1, 0.15) is 56.7 Å². The van der Waals surface area contributed by atoms with Crippen LogP contribution in [0.25, 0.3) is 11.1 Å². The topological polar surface area (TPSA) is 49.0 Å². The maximum absolute atomic E-state index is 14.2. The third kappa shape index (κ3) is 3.08. The predicted molar refractivity (Wildman–Crippen MR) is 94.2 cm³/mol. The lowest BCUT2D eigenvalue weighted by Gasteiger charge is -2.30. The lowest BCUT2D eigenvalue weighted by atomic mass is 9.88. The van der Waals surface area contributed by atoms with Crippen molar-refractivity contribution < 1.29 is 9.18 Å². The van der Waals surface area contributed by atoms with E-state index in [-0.39, 0.29) is 23.7 Å². The van der Waals surface area contributed by atoms with Gasteiger partial charge in [-0.05, 0) is 31.7 Å². The molecular formula is C20H24FN3O. The molecule has 1 aromatic carbocycles. The van der Waals surface area contributed by atoms with Gasteiger partial charge in [-0.3, -0.25) is 9.89 Å². The highest BCUT2D eigenvalue weighted by Crippen LogP contribution is 2.39. The molecule has 0 bridgehead atoms. The first-order valence-electron chi connectivity index (χ1n) is 9.34. The van der Waals surface area contributed by atoms with E-state index in [1.165, 1.54) is 12.5 Å². The Morgan fingerprint density at radius 3 is 2.68 bits per heavy atom. The molecule has 2 aromatic rings. The fourth-order valence-electron chi connectivity index (χ4n) is 4.36. The van der Waals surface area contributed by atoms with Crippen molar-refractivity contribution >= 4 is 5.91 Å². The van der Waals surface area contributed by atoms with Crippen LogP contribution in [-0.2, 0) is 4.79 Å². The zero-order valence-electron chi connectivity index (χ0n) is 14.4. The quantitative estimate of drug-likeness (QED) is 0.896. The number of likely N-dealkylation sites (tertiary alicyclic amines) is 1. The van der Waals surface area contributed by atoms with Gasteiger partial charge in [-0.2, -0.15) is 5.10 Å². The normalized spacial score (nSPS) is 21.6. The van der Waals surface area contributed by atoms with Gasteiger partial charge in [0.25, 0.3) is 0 Å². The number of hydrogen-bond acceptors (Lipinski definition) is 2. The molecule has 1 aromatic heterocycles. The van der Waals surface area contributed by atoms with Gasteiger partial charge in [-0.25, -0.2) is 4.39 Å². The van der Waals surface area contributed by atoms with Crippen molar-refractivity contribution in [3.8, 4) is 11.1 Å². The van der Waals surface area contributed by atoms with Crippen molar-refractivity contribution in [3.05, 3.63) is 42.0 Å². The number of H-pyrrole nitrogens is 1. The molecule has 1 saturated heterocycles. The van der Waals surface area contributed by atoms with E-state index in [9.17, 15) is 9.18 Å². The maximum atomic E-state index is 14.2. The molecule has 132 valence electrons. The lowest BCUT2D eigenvalue weighted by Crippen LogP contribution is -2.36. The number of nitrogens with one attached hydrogen (secondary N) is 1. The zero-order valence-corrected chi connectivity index (χ0v) is 14.4. The second-order valence-corrected chi connectivity index (χ2v) is 7.20. The summed E-state index contributed by atoms with van der Waals surface area (Å²) in [5.41, 5.74) is 2.18. The summed E-state index contributed by atoms with van der Waals surface area (Å²) in [6, 6.07) is 6.73. The minimum absolute atomic E-state index is 0.0217. The first kappa shape index (κ1) is 16.3. The number of benzene rings is 1. The molecular weight excluding hydrogens is 317 g/mol. The minimum Gasteiger partial charge on any atom is -0.334 e. The summed E-state index contributed by atoms with van der Waals surface area (Å²) in [4.78, 5) is 15.0. The number of aromatic nitrogens is 2. The fraction of sp³-hybridized carbons (Fsp3) is 0.500. The van der Waals surface area contributed by atoms with Crippen molar-refractivity contribution in [1.29, 1.82) is 0 Å². The maximum Gasteiger partial charge on any atom is 0.226 e. The molecule has 2 heterocycles. The largest absolute Gasteiger partial charge is 0.334 e. The third-order valence-electron chi connectivity index (χ3n) is 5.66. The van der Waals surface area contributed by atoms with Crippen molar-refractivity contribution in [2.45, 2.75) is 51.0 Å². The molecule has 1 aliphatic carbocycles. The molecule has 1 atom stereocenters. The molecule has 0 unspecified atom stereocenters. The van der Waals surface area contributed by atoms with Gasteiger partial charge < -0.3 is 4.90 Å². The van der Waals surface area contributed by atoms with Gasteiger partial charge in [0.05, 0.1) is 17.9 Å². The van der Waals surface area contributed by atoms with Gasteiger partial charge in [-0.1, -0.05) is 37.5 Å². The molecule has 4 nitrogen and oxygen atoms in total. The fourth-order valence-corrected chi connectivity index (χ4v) is 4.36. The summed E-state index contributed by atoms with van der Waals surface area (Å²) >= 11 is 0. The summed E-state index contributed by atoms with van der Waals surface area (Å²) in [7, 11) is 0.